The third-order valence-electron chi connectivity index (χ3n) is 3.39. The van der Waals surface area contributed by atoms with Crippen molar-refractivity contribution in [3.63, 3.8) is 0 Å². The zero-order chi connectivity index (χ0) is 17.4. The van der Waals surface area contributed by atoms with Crippen LogP contribution in [-0.4, -0.2) is 17.5 Å². The quantitative estimate of drug-likeness (QED) is 0.588. The van der Waals surface area contributed by atoms with Gasteiger partial charge in [0.05, 0.1) is 5.71 Å². The van der Waals surface area contributed by atoms with Gasteiger partial charge in [0.25, 0.3) is 5.91 Å². The Morgan fingerprint density at radius 1 is 1.17 bits per heavy atom. The molecule has 0 unspecified atom stereocenters. The molecule has 0 radical (unpaired) electrons. The van der Waals surface area contributed by atoms with E-state index >= 15 is 0 Å². The number of hydrogen-bond donors (Lipinski definition) is 2. The van der Waals surface area contributed by atoms with Gasteiger partial charge in [0, 0.05) is 22.5 Å². The van der Waals surface area contributed by atoms with E-state index in [1.807, 2.05) is 31.4 Å². The Labute approximate surface area is 145 Å². The summed E-state index contributed by atoms with van der Waals surface area (Å²) in [7, 11) is 0. The van der Waals surface area contributed by atoms with Gasteiger partial charge in [-0.2, -0.15) is 5.10 Å². The standard InChI is InChI=1S/C18H21N3O2S/c1-3-4-7-17(22)19-15-10-8-14(9-11-15)18(23)21-20-13(2)16-6-5-12-24-16/h5-6,8-12H,3-4,7H2,1-2H3,(H,19,22)(H,21,23). The van der Waals surface area contributed by atoms with Crippen molar-refractivity contribution in [2.75, 3.05) is 5.32 Å². The lowest BCUT2D eigenvalue weighted by Crippen LogP contribution is -2.19. The second-order valence-electron chi connectivity index (χ2n) is 5.34. The highest BCUT2D eigenvalue weighted by Gasteiger charge is 2.07. The summed E-state index contributed by atoms with van der Waals surface area (Å²) < 4.78 is 0. The number of nitrogens with zero attached hydrogens (tertiary/aromatic N) is 1. The van der Waals surface area contributed by atoms with Crippen molar-refractivity contribution in [1.82, 2.24) is 5.43 Å². The number of nitrogens with one attached hydrogen (secondary N) is 2. The normalized spacial score (nSPS) is 11.2. The lowest BCUT2D eigenvalue weighted by Gasteiger charge is -2.06. The predicted molar refractivity (Wildman–Crippen MR) is 98.6 cm³/mol. The number of thiophene rings is 1. The smallest absolute Gasteiger partial charge is 0.271 e. The van der Waals surface area contributed by atoms with Crippen molar-refractivity contribution in [3.8, 4) is 0 Å². The first kappa shape index (κ1) is 17.9. The largest absolute Gasteiger partial charge is 0.326 e. The topological polar surface area (TPSA) is 70.6 Å². The number of hydrogen-bond acceptors (Lipinski definition) is 4. The van der Waals surface area contributed by atoms with E-state index in [0.29, 0.717) is 17.7 Å². The molecule has 0 spiro atoms. The molecule has 2 rings (SSSR count). The molecule has 0 aliphatic rings. The summed E-state index contributed by atoms with van der Waals surface area (Å²) >= 11 is 1.57. The Balaban J connectivity index is 1.91. The minimum Gasteiger partial charge on any atom is -0.326 e. The van der Waals surface area contributed by atoms with Crippen molar-refractivity contribution in [3.05, 3.63) is 52.2 Å². The van der Waals surface area contributed by atoms with Gasteiger partial charge in [-0.3, -0.25) is 9.59 Å². The molecule has 2 amide bonds. The lowest BCUT2D eigenvalue weighted by atomic mass is 10.2. The Kier molecular flexibility index (Phi) is 6.69. The highest BCUT2D eigenvalue weighted by atomic mass is 32.1. The Hall–Kier alpha value is -2.47. The van der Waals surface area contributed by atoms with Gasteiger partial charge >= 0.3 is 0 Å². The molecule has 126 valence electrons. The fraction of sp³-hybridized carbons (Fsp3) is 0.278. The van der Waals surface area contributed by atoms with Crippen LogP contribution in [0.5, 0.6) is 0 Å². The van der Waals surface area contributed by atoms with Gasteiger partial charge in [0.15, 0.2) is 0 Å². The number of rotatable bonds is 7. The van der Waals surface area contributed by atoms with Crippen molar-refractivity contribution in [1.29, 1.82) is 0 Å². The molecule has 0 fully saturated rings. The first-order valence-electron chi connectivity index (χ1n) is 7.88. The summed E-state index contributed by atoms with van der Waals surface area (Å²) in [6, 6.07) is 10.7. The highest BCUT2D eigenvalue weighted by molar-refractivity contribution is 7.12. The van der Waals surface area contributed by atoms with Gasteiger partial charge in [0.1, 0.15) is 0 Å². The minimum absolute atomic E-state index is 0.00905. The molecule has 5 nitrogen and oxygen atoms in total. The van der Waals surface area contributed by atoms with Crippen molar-refractivity contribution < 1.29 is 9.59 Å². The van der Waals surface area contributed by atoms with E-state index in [9.17, 15) is 9.59 Å². The lowest BCUT2D eigenvalue weighted by molar-refractivity contribution is -0.116. The Morgan fingerprint density at radius 3 is 2.54 bits per heavy atom. The zero-order valence-corrected chi connectivity index (χ0v) is 14.7. The SMILES string of the molecule is CCCCC(=O)Nc1ccc(C(=O)NN=C(C)c2cccs2)cc1. The zero-order valence-electron chi connectivity index (χ0n) is 13.8. The molecule has 0 saturated heterocycles. The molecule has 1 heterocycles. The number of amides is 2. The second-order valence-corrected chi connectivity index (χ2v) is 6.29. The maximum atomic E-state index is 12.1. The summed E-state index contributed by atoms with van der Waals surface area (Å²) in [6.45, 7) is 3.89. The summed E-state index contributed by atoms with van der Waals surface area (Å²) in [4.78, 5) is 24.8. The molecule has 1 aromatic carbocycles. The van der Waals surface area contributed by atoms with Crippen LogP contribution in [0.3, 0.4) is 0 Å². The fourth-order valence-electron chi connectivity index (χ4n) is 2.00. The molecule has 0 saturated carbocycles. The number of hydrazone groups is 1. The van der Waals surface area contributed by atoms with Crippen LogP contribution in [0.15, 0.2) is 46.9 Å². The number of anilines is 1. The minimum atomic E-state index is -0.283. The van der Waals surface area contributed by atoms with E-state index in [1.54, 1.807) is 35.6 Å². The van der Waals surface area contributed by atoms with Crippen molar-refractivity contribution >= 4 is 34.6 Å². The Bertz CT molecular complexity index is 706. The van der Waals surface area contributed by atoms with E-state index in [-0.39, 0.29) is 11.8 Å². The third kappa shape index (κ3) is 5.31. The summed E-state index contributed by atoms with van der Waals surface area (Å²) in [5.74, 6) is -0.292. The summed E-state index contributed by atoms with van der Waals surface area (Å²) in [5.41, 5.74) is 4.48. The van der Waals surface area contributed by atoms with Crippen LogP contribution in [0.25, 0.3) is 0 Å². The molecule has 0 bridgehead atoms. The summed E-state index contributed by atoms with van der Waals surface area (Å²) in [5, 5.41) is 8.88. The van der Waals surface area contributed by atoms with Gasteiger partial charge in [0.2, 0.25) is 5.91 Å². The van der Waals surface area contributed by atoms with E-state index in [2.05, 4.69) is 15.8 Å². The van der Waals surface area contributed by atoms with Gasteiger partial charge in [-0.05, 0) is 49.1 Å². The first-order valence-corrected chi connectivity index (χ1v) is 8.76. The highest BCUT2D eigenvalue weighted by Crippen LogP contribution is 2.12. The van der Waals surface area contributed by atoms with Crippen LogP contribution in [0.1, 0.15) is 48.3 Å². The van der Waals surface area contributed by atoms with Crippen LogP contribution < -0.4 is 10.7 Å². The van der Waals surface area contributed by atoms with Gasteiger partial charge in [-0.15, -0.1) is 11.3 Å². The number of unbranched alkanes of at least 4 members (excludes halogenated alkanes) is 1. The first-order chi connectivity index (χ1) is 11.6. The molecule has 24 heavy (non-hydrogen) atoms. The van der Waals surface area contributed by atoms with Crippen LogP contribution in [0, 0.1) is 0 Å². The van der Waals surface area contributed by atoms with E-state index < -0.39 is 0 Å². The molecule has 0 aliphatic heterocycles. The average Bonchev–Trinajstić information content (AvgIpc) is 3.13. The molecular formula is C18H21N3O2S. The van der Waals surface area contributed by atoms with Gasteiger partial charge in [-0.1, -0.05) is 19.4 Å². The molecule has 0 atom stereocenters. The number of carbonyl (C=O) groups excluding carboxylic acids is 2. The van der Waals surface area contributed by atoms with Crippen molar-refractivity contribution in [2.24, 2.45) is 5.10 Å². The predicted octanol–water partition coefficient (Wildman–Crippen LogP) is 4.03. The molecule has 2 N–H and O–H groups in total. The van der Waals surface area contributed by atoms with Crippen LogP contribution in [0.2, 0.25) is 0 Å². The molecule has 0 aliphatic carbocycles. The van der Waals surface area contributed by atoms with Gasteiger partial charge in [-0.25, -0.2) is 5.43 Å². The number of carbonyl (C=O) groups is 2. The third-order valence-corrected chi connectivity index (χ3v) is 4.37. The van der Waals surface area contributed by atoms with Crippen LogP contribution in [-0.2, 0) is 4.79 Å². The Morgan fingerprint density at radius 2 is 1.92 bits per heavy atom. The maximum absolute atomic E-state index is 12.1. The second kappa shape index (κ2) is 8.98. The molecular weight excluding hydrogens is 322 g/mol. The monoisotopic (exact) mass is 343 g/mol. The summed E-state index contributed by atoms with van der Waals surface area (Å²) in [6.07, 6.45) is 2.36. The molecule has 1 aromatic heterocycles. The van der Waals surface area contributed by atoms with Crippen LogP contribution in [0.4, 0.5) is 5.69 Å². The number of benzene rings is 1. The average molecular weight is 343 g/mol. The molecule has 6 heteroatoms. The maximum Gasteiger partial charge on any atom is 0.271 e. The fourth-order valence-corrected chi connectivity index (χ4v) is 2.68. The molecule has 2 aromatic rings. The van der Waals surface area contributed by atoms with Crippen molar-refractivity contribution in [2.45, 2.75) is 33.1 Å². The van der Waals surface area contributed by atoms with Gasteiger partial charge < -0.3 is 5.32 Å². The van der Waals surface area contributed by atoms with Crippen LogP contribution >= 0.6 is 11.3 Å². The van der Waals surface area contributed by atoms with E-state index in [1.165, 1.54) is 0 Å². The van der Waals surface area contributed by atoms with E-state index in [0.717, 1.165) is 23.4 Å². The van der Waals surface area contributed by atoms with E-state index in [4.69, 9.17) is 0 Å².